The van der Waals surface area contributed by atoms with Crippen LogP contribution in [-0.2, 0) is 5.60 Å². The lowest BCUT2D eigenvalue weighted by Gasteiger charge is -2.39. The normalized spacial score (nSPS) is 14.0. The lowest BCUT2D eigenvalue weighted by atomic mass is 9.70. The SMILES string of the molecule is CC(C)(C)C(O)(c1cncnc1)c1ccc(-c2ccc(OC(F)F)cc2)cn1. The van der Waals surface area contributed by atoms with Crippen LogP contribution < -0.4 is 4.74 Å². The number of aliphatic hydroxyl groups is 1. The van der Waals surface area contributed by atoms with Gasteiger partial charge in [0, 0.05) is 35.1 Å². The van der Waals surface area contributed by atoms with Gasteiger partial charge in [-0.15, -0.1) is 0 Å². The highest BCUT2D eigenvalue weighted by molar-refractivity contribution is 5.63. The van der Waals surface area contributed by atoms with E-state index < -0.39 is 17.6 Å². The van der Waals surface area contributed by atoms with E-state index in [9.17, 15) is 13.9 Å². The molecule has 0 aliphatic carbocycles. The molecule has 2 heterocycles. The van der Waals surface area contributed by atoms with Gasteiger partial charge < -0.3 is 9.84 Å². The summed E-state index contributed by atoms with van der Waals surface area (Å²) < 4.78 is 28.9. The Balaban J connectivity index is 1.94. The number of hydrogen-bond donors (Lipinski definition) is 1. The Morgan fingerprint density at radius 2 is 1.50 bits per heavy atom. The van der Waals surface area contributed by atoms with Gasteiger partial charge in [0.2, 0.25) is 0 Å². The van der Waals surface area contributed by atoms with E-state index in [-0.39, 0.29) is 5.75 Å². The van der Waals surface area contributed by atoms with Crippen molar-refractivity contribution in [2.75, 3.05) is 0 Å². The van der Waals surface area contributed by atoms with E-state index in [1.807, 2.05) is 26.8 Å². The van der Waals surface area contributed by atoms with E-state index in [1.165, 1.54) is 18.5 Å². The van der Waals surface area contributed by atoms with Crippen molar-refractivity contribution in [2.24, 2.45) is 5.41 Å². The molecule has 0 aliphatic heterocycles. The summed E-state index contributed by atoms with van der Waals surface area (Å²) in [5.74, 6) is 0.0921. The first-order valence-electron chi connectivity index (χ1n) is 8.71. The Morgan fingerprint density at radius 3 is 2.00 bits per heavy atom. The number of rotatable bonds is 5. The number of nitrogens with zero attached hydrogens (tertiary/aromatic N) is 3. The number of hydrogen-bond acceptors (Lipinski definition) is 5. The zero-order valence-corrected chi connectivity index (χ0v) is 15.8. The van der Waals surface area contributed by atoms with Gasteiger partial charge in [-0.3, -0.25) is 4.98 Å². The Labute approximate surface area is 162 Å². The van der Waals surface area contributed by atoms with Gasteiger partial charge in [0.25, 0.3) is 0 Å². The standard InChI is InChI=1S/C21H21F2N3O2/c1-20(2,3)21(27,16-11-24-13-25-12-16)18-9-6-15(10-26-18)14-4-7-17(8-5-14)28-19(22)23/h4-13,19,27H,1-3H3. The Kier molecular flexibility index (Phi) is 5.38. The quantitative estimate of drug-likeness (QED) is 0.704. The first kappa shape index (κ1) is 19.8. The van der Waals surface area contributed by atoms with E-state index in [2.05, 4.69) is 19.7 Å². The maximum atomic E-state index is 12.3. The Hall–Kier alpha value is -2.93. The predicted molar refractivity (Wildman–Crippen MR) is 101 cm³/mol. The number of alkyl halides is 2. The van der Waals surface area contributed by atoms with E-state index in [1.54, 1.807) is 36.8 Å². The molecule has 1 N–H and O–H groups in total. The number of pyridine rings is 1. The molecule has 0 aliphatic rings. The van der Waals surface area contributed by atoms with E-state index in [0.29, 0.717) is 11.3 Å². The first-order valence-corrected chi connectivity index (χ1v) is 8.71. The van der Waals surface area contributed by atoms with Crippen LogP contribution in [0.5, 0.6) is 5.75 Å². The zero-order valence-electron chi connectivity index (χ0n) is 15.8. The fraction of sp³-hybridized carbons (Fsp3) is 0.286. The molecule has 0 saturated heterocycles. The van der Waals surface area contributed by atoms with Crippen molar-refractivity contribution in [2.45, 2.75) is 33.0 Å². The van der Waals surface area contributed by atoms with Crippen molar-refractivity contribution in [1.82, 2.24) is 15.0 Å². The molecule has 3 aromatic rings. The van der Waals surface area contributed by atoms with Gasteiger partial charge in [-0.05, 0) is 23.8 Å². The molecule has 3 rings (SSSR count). The van der Waals surface area contributed by atoms with Crippen LogP contribution in [0, 0.1) is 5.41 Å². The maximum absolute atomic E-state index is 12.3. The molecular formula is C21H21F2N3O2. The highest BCUT2D eigenvalue weighted by Gasteiger charge is 2.45. The fourth-order valence-corrected chi connectivity index (χ4v) is 3.06. The van der Waals surface area contributed by atoms with Crippen molar-refractivity contribution < 1.29 is 18.6 Å². The summed E-state index contributed by atoms with van der Waals surface area (Å²) in [5, 5.41) is 11.5. The molecule has 146 valence electrons. The molecule has 0 spiro atoms. The number of benzene rings is 1. The summed E-state index contributed by atoms with van der Waals surface area (Å²) in [6.07, 6.45) is 6.20. The van der Waals surface area contributed by atoms with E-state index in [4.69, 9.17) is 0 Å². The van der Waals surface area contributed by atoms with Crippen LogP contribution in [0.3, 0.4) is 0 Å². The minimum atomic E-state index is -2.86. The molecule has 0 amide bonds. The fourth-order valence-electron chi connectivity index (χ4n) is 3.06. The van der Waals surface area contributed by atoms with Crippen LogP contribution >= 0.6 is 0 Å². The van der Waals surface area contributed by atoms with E-state index >= 15 is 0 Å². The van der Waals surface area contributed by atoms with Crippen molar-refractivity contribution >= 4 is 0 Å². The van der Waals surface area contributed by atoms with Crippen LogP contribution in [0.15, 0.2) is 61.3 Å². The van der Waals surface area contributed by atoms with Crippen LogP contribution in [0.25, 0.3) is 11.1 Å². The summed E-state index contributed by atoms with van der Waals surface area (Å²) in [7, 11) is 0. The van der Waals surface area contributed by atoms with Gasteiger partial charge in [0.15, 0.2) is 0 Å². The molecule has 7 heteroatoms. The van der Waals surface area contributed by atoms with Crippen molar-refractivity contribution in [1.29, 1.82) is 0 Å². The lowest BCUT2D eigenvalue weighted by Crippen LogP contribution is -2.42. The molecular weight excluding hydrogens is 364 g/mol. The third-order valence-electron chi connectivity index (χ3n) is 4.61. The van der Waals surface area contributed by atoms with Crippen molar-refractivity contribution in [3.8, 4) is 16.9 Å². The third-order valence-corrected chi connectivity index (χ3v) is 4.61. The number of halogens is 2. The van der Waals surface area contributed by atoms with Crippen LogP contribution in [0.4, 0.5) is 8.78 Å². The lowest BCUT2D eigenvalue weighted by molar-refractivity contribution is -0.0498. The maximum Gasteiger partial charge on any atom is 0.387 e. The van der Waals surface area contributed by atoms with Gasteiger partial charge in [-0.1, -0.05) is 39.0 Å². The minimum absolute atomic E-state index is 0.0921. The molecule has 1 atom stereocenters. The second-order valence-corrected chi connectivity index (χ2v) is 7.42. The van der Waals surface area contributed by atoms with Gasteiger partial charge in [0.1, 0.15) is 17.7 Å². The molecule has 0 saturated carbocycles. The summed E-state index contributed by atoms with van der Waals surface area (Å²) in [6, 6.07) is 9.87. The highest BCUT2D eigenvalue weighted by atomic mass is 19.3. The molecule has 1 unspecified atom stereocenters. The molecule has 0 radical (unpaired) electrons. The number of ether oxygens (including phenoxy) is 1. The smallest absolute Gasteiger partial charge is 0.387 e. The Bertz CT molecular complexity index is 911. The van der Waals surface area contributed by atoms with Gasteiger partial charge in [-0.25, -0.2) is 9.97 Å². The molecule has 5 nitrogen and oxygen atoms in total. The predicted octanol–water partition coefficient (Wildman–Crippen LogP) is 4.42. The third kappa shape index (κ3) is 3.84. The number of aromatic nitrogens is 3. The minimum Gasteiger partial charge on any atom is -0.435 e. The zero-order chi connectivity index (χ0) is 20.4. The first-order chi connectivity index (χ1) is 13.2. The highest BCUT2D eigenvalue weighted by Crippen LogP contribution is 2.43. The molecule has 0 bridgehead atoms. The van der Waals surface area contributed by atoms with Crippen molar-refractivity contribution in [3.05, 3.63) is 72.6 Å². The van der Waals surface area contributed by atoms with Crippen LogP contribution in [-0.4, -0.2) is 26.7 Å². The molecule has 2 aromatic heterocycles. The second kappa shape index (κ2) is 7.59. The monoisotopic (exact) mass is 385 g/mol. The summed E-state index contributed by atoms with van der Waals surface area (Å²) in [6.45, 7) is 2.88. The van der Waals surface area contributed by atoms with Gasteiger partial charge in [-0.2, -0.15) is 8.78 Å². The molecule has 1 aromatic carbocycles. The molecule has 0 fully saturated rings. The van der Waals surface area contributed by atoms with Gasteiger partial charge in [0.05, 0.1) is 5.69 Å². The summed E-state index contributed by atoms with van der Waals surface area (Å²) >= 11 is 0. The average Bonchev–Trinajstić information content (AvgIpc) is 2.67. The molecule has 28 heavy (non-hydrogen) atoms. The summed E-state index contributed by atoms with van der Waals surface area (Å²) in [5.41, 5.74) is 0.644. The second-order valence-electron chi connectivity index (χ2n) is 7.42. The largest absolute Gasteiger partial charge is 0.435 e. The Morgan fingerprint density at radius 1 is 0.893 bits per heavy atom. The van der Waals surface area contributed by atoms with Crippen LogP contribution in [0.2, 0.25) is 0 Å². The van der Waals surface area contributed by atoms with E-state index in [0.717, 1.165) is 11.1 Å². The van der Waals surface area contributed by atoms with Gasteiger partial charge >= 0.3 is 6.61 Å². The van der Waals surface area contributed by atoms with Crippen LogP contribution in [0.1, 0.15) is 32.0 Å². The summed E-state index contributed by atoms with van der Waals surface area (Å²) in [4.78, 5) is 12.5. The average molecular weight is 385 g/mol. The van der Waals surface area contributed by atoms with Crippen molar-refractivity contribution in [3.63, 3.8) is 0 Å². The topological polar surface area (TPSA) is 68.1 Å².